The van der Waals surface area contributed by atoms with Crippen molar-refractivity contribution in [2.24, 2.45) is 7.05 Å². The molecule has 0 aliphatic carbocycles. The van der Waals surface area contributed by atoms with Crippen molar-refractivity contribution in [3.05, 3.63) is 72.3 Å². The summed E-state index contributed by atoms with van der Waals surface area (Å²) < 4.78 is 3.07. The molecule has 4 rings (SSSR count). The summed E-state index contributed by atoms with van der Waals surface area (Å²) in [4.78, 5) is 27.6. The summed E-state index contributed by atoms with van der Waals surface area (Å²) in [6.45, 7) is 0. The topological polar surface area (TPSA) is 128 Å². The number of hydrogen-bond donors (Lipinski definition) is 2. The molecule has 10 nitrogen and oxygen atoms in total. The SMILES string of the molecule is Cn1cc(C(=O)Nc2cccc(-n3cc(-c4cc(C(=O)O)ccn4)nn3)c2)cn1. The number of nitrogens with zero attached hydrogens (tertiary/aromatic N) is 6. The second kappa shape index (κ2) is 7.35. The van der Waals surface area contributed by atoms with E-state index in [1.54, 1.807) is 48.4 Å². The molecule has 4 aromatic rings. The lowest BCUT2D eigenvalue weighted by Gasteiger charge is -2.06. The van der Waals surface area contributed by atoms with Crippen molar-refractivity contribution in [3.8, 4) is 17.1 Å². The fraction of sp³-hybridized carbons (Fsp3) is 0.0526. The van der Waals surface area contributed by atoms with E-state index < -0.39 is 5.97 Å². The number of aromatic carboxylic acids is 1. The highest BCUT2D eigenvalue weighted by Crippen LogP contribution is 2.19. The fourth-order valence-electron chi connectivity index (χ4n) is 2.68. The van der Waals surface area contributed by atoms with Crippen LogP contribution >= 0.6 is 0 Å². The van der Waals surface area contributed by atoms with Crippen LogP contribution in [-0.2, 0) is 7.05 Å². The summed E-state index contributed by atoms with van der Waals surface area (Å²) in [6.07, 6.45) is 6.16. The Hall–Kier alpha value is -4.34. The van der Waals surface area contributed by atoms with Crippen LogP contribution in [0.3, 0.4) is 0 Å². The number of aryl methyl sites for hydroxylation is 1. The Morgan fingerprint density at radius 1 is 1.07 bits per heavy atom. The minimum Gasteiger partial charge on any atom is -0.478 e. The number of benzene rings is 1. The average Bonchev–Trinajstić information content (AvgIpc) is 3.38. The molecule has 29 heavy (non-hydrogen) atoms. The second-order valence-corrected chi connectivity index (χ2v) is 6.19. The van der Waals surface area contributed by atoms with E-state index in [4.69, 9.17) is 5.11 Å². The molecule has 0 radical (unpaired) electrons. The van der Waals surface area contributed by atoms with Gasteiger partial charge >= 0.3 is 5.97 Å². The second-order valence-electron chi connectivity index (χ2n) is 6.19. The third-order valence-electron chi connectivity index (χ3n) is 4.10. The van der Waals surface area contributed by atoms with E-state index in [9.17, 15) is 9.59 Å². The van der Waals surface area contributed by atoms with Gasteiger partial charge in [0.1, 0.15) is 5.69 Å². The fourth-order valence-corrected chi connectivity index (χ4v) is 2.68. The molecule has 0 spiro atoms. The molecular weight excluding hydrogens is 374 g/mol. The molecule has 3 heterocycles. The van der Waals surface area contributed by atoms with E-state index in [0.717, 1.165) is 0 Å². The largest absolute Gasteiger partial charge is 0.478 e. The lowest BCUT2D eigenvalue weighted by atomic mass is 10.2. The summed E-state index contributed by atoms with van der Waals surface area (Å²) in [5, 5.41) is 24.0. The van der Waals surface area contributed by atoms with Gasteiger partial charge in [0.05, 0.1) is 34.9 Å². The van der Waals surface area contributed by atoms with Gasteiger partial charge in [-0.05, 0) is 30.3 Å². The molecule has 0 aliphatic rings. The third-order valence-corrected chi connectivity index (χ3v) is 4.10. The maximum atomic E-state index is 12.3. The Morgan fingerprint density at radius 2 is 1.93 bits per heavy atom. The summed E-state index contributed by atoms with van der Waals surface area (Å²) in [6, 6.07) is 9.92. The van der Waals surface area contributed by atoms with E-state index in [0.29, 0.717) is 28.3 Å². The van der Waals surface area contributed by atoms with Crippen LogP contribution < -0.4 is 5.32 Å². The smallest absolute Gasteiger partial charge is 0.335 e. The van der Waals surface area contributed by atoms with Crippen LogP contribution in [0.2, 0.25) is 0 Å². The summed E-state index contributed by atoms with van der Waals surface area (Å²) >= 11 is 0. The number of aromatic nitrogens is 6. The lowest BCUT2D eigenvalue weighted by molar-refractivity contribution is 0.0696. The van der Waals surface area contributed by atoms with Crippen LogP contribution in [0.1, 0.15) is 20.7 Å². The first-order valence-corrected chi connectivity index (χ1v) is 8.52. The number of amides is 1. The molecule has 0 fully saturated rings. The highest BCUT2D eigenvalue weighted by atomic mass is 16.4. The Bertz CT molecular complexity index is 1210. The molecule has 144 valence electrons. The first-order chi connectivity index (χ1) is 14.0. The van der Waals surface area contributed by atoms with Crippen LogP contribution in [0.5, 0.6) is 0 Å². The van der Waals surface area contributed by atoms with Crippen molar-refractivity contribution in [1.29, 1.82) is 0 Å². The van der Waals surface area contributed by atoms with Gasteiger partial charge in [-0.1, -0.05) is 11.3 Å². The summed E-state index contributed by atoms with van der Waals surface area (Å²) in [7, 11) is 1.74. The Kier molecular flexibility index (Phi) is 4.57. The van der Waals surface area contributed by atoms with Gasteiger partial charge in [0.25, 0.3) is 5.91 Å². The van der Waals surface area contributed by atoms with Crippen molar-refractivity contribution in [2.45, 2.75) is 0 Å². The van der Waals surface area contributed by atoms with Gasteiger partial charge in [-0.3, -0.25) is 14.5 Å². The maximum Gasteiger partial charge on any atom is 0.335 e. The van der Waals surface area contributed by atoms with Gasteiger partial charge in [-0.25, -0.2) is 9.48 Å². The highest BCUT2D eigenvalue weighted by Gasteiger charge is 2.12. The summed E-state index contributed by atoms with van der Waals surface area (Å²) in [5.74, 6) is -1.32. The first kappa shape index (κ1) is 18.0. The molecule has 0 atom stereocenters. The predicted molar refractivity (Wildman–Crippen MR) is 103 cm³/mol. The standard InChI is InChI=1S/C19H15N7O3/c1-25-10-13(9-21-25)18(27)22-14-3-2-4-15(8-14)26-11-17(23-24-26)16-7-12(19(28)29)5-6-20-16/h2-11H,1H3,(H,22,27)(H,28,29). The van der Waals surface area contributed by atoms with E-state index in [-0.39, 0.29) is 11.5 Å². The van der Waals surface area contributed by atoms with Gasteiger partial charge in [0.2, 0.25) is 0 Å². The van der Waals surface area contributed by atoms with Crippen LogP contribution in [0, 0.1) is 0 Å². The van der Waals surface area contributed by atoms with Crippen molar-refractivity contribution in [1.82, 2.24) is 29.8 Å². The van der Waals surface area contributed by atoms with Gasteiger partial charge < -0.3 is 10.4 Å². The normalized spacial score (nSPS) is 10.7. The first-order valence-electron chi connectivity index (χ1n) is 8.52. The highest BCUT2D eigenvalue weighted by molar-refractivity contribution is 6.04. The zero-order valence-corrected chi connectivity index (χ0v) is 15.2. The number of carboxylic acids is 1. The number of pyridine rings is 1. The van der Waals surface area contributed by atoms with Crippen molar-refractivity contribution >= 4 is 17.6 Å². The third kappa shape index (κ3) is 3.86. The van der Waals surface area contributed by atoms with Crippen LogP contribution in [-0.4, -0.2) is 46.7 Å². The van der Waals surface area contributed by atoms with Crippen LogP contribution in [0.4, 0.5) is 5.69 Å². The molecule has 0 aliphatic heterocycles. The van der Waals surface area contributed by atoms with Crippen molar-refractivity contribution in [2.75, 3.05) is 5.32 Å². The average molecular weight is 389 g/mol. The number of hydrogen-bond acceptors (Lipinski definition) is 6. The molecule has 10 heteroatoms. The number of carbonyl (C=O) groups excluding carboxylic acids is 1. The van der Waals surface area contributed by atoms with E-state index in [1.165, 1.54) is 29.2 Å². The lowest BCUT2D eigenvalue weighted by Crippen LogP contribution is -2.11. The van der Waals surface area contributed by atoms with E-state index in [1.807, 2.05) is 0 Å². The molecule has 1 aromatic carbocycles. The molecule has 2 N–H and O–H groups in total. The molecule has 1 amide bonds. The predicted octanol–water partition coefficient (Wildman–Crippen LogP) is 2.01. The zero-order chi connectivity index (χ0) is 20.4. The Morgan fingerprint density at radius 3 is 2.69 bits per heavy atom. The number of rotatable bonds is 5. The zero-order valence-electron chi connectivity index (χ0n) is 15.2. The minimum absolute atomic E-state index is 0.115. The van der Waals surface area contributed by atoms with E-state index in [2.05, 4.69) is 25.7 Å². The molecule has 0 saturated carbocycles. The molecule has 0 bridgehead atoms. The number of carbonyl (C=O) groups is 2. The molecule has 3 aromatic heterocycles. The Labute approximate surface area is 164 Å². The number of anilines is 1. The van der Waals surface area contributed by atoms with E-state index >= 15 is 0 Å². The molecular formula is C19H15N7O3. The molecule has 0 saturated heterocycles. The quantitative estimate of drug-likeness (QED) is 0.534. The minimum atomic E-state index is -1.04. The number of nitrogens with one attached hydrogen (secondary N) is 1. The van der Waals surface area contributed by atoms with Crippen LogP contribution in [0.15, 0.2) is 61.2 Å². The van der Waals surface area contributed by atoms with Gasteiger partial charge in [-0.2, -0.15) is 5.10 Å². The Balaban J connectivity index is 1.57. The maximum absolute atomic E-state index is 12.3. The summed E-state index contributed by atoms with van der Waals surface area (Å²) in [5.41, 5.74) is 2.65. The van der Waals surface area contributed by atoms with Gasteiger partial charge in [-0.15, -0.1) is 5.10 Å². The van der Waals surface area contributed by atoms with Crippen molar-refractivity contribution in [3.63, 3.8) is 0 Å². The van der Waals surface area contributed by atoms with Crippen LogP contribution in [0.25, 0.3) is 17.1 Å². The number of carboxylic acid groups (broad SMARTS) is 1. The molecule has 0 unspecified atom stereocenters. The van der Waals surface area contributed by atoms with Crippen molar-refractivity contribution < 1.29 is 14.7 Å². The monoisotopic (exact) mass is 389 g/mol. The van der Waals surface area contributed by atoms with Gasteiger partial charge in [0.15, 0.2) is 0 Å². The van der Waals surface area contributed by atoms with Gasteiger partial charge in [0, 0.05) is 25.1 Å².